The lowest BCUT2D eigenvalue weighted by Gasteiger charge is -2.38. The molecule has 4 rings (SSSR count). The molecule has 2 heterocycles. The van der Waals surface area contributed by atoms with Crippen molar-refractivity contribution < 1.29 is 0 Å². The highest BCUT2D eigenvalue weighted by molar-refractivity contribution is 6.30. The summed E-state index contributed by atoms with van der Waals surface area (Å²) in [6, 6.07) is 8.27. The lowest BCUT2D eigenvalue weighted by Crippen LogP contribution is -2.52. The van der Waals surface area contributed by atoms with Gasteiger partial charge >= 0.3 is 0 Å². The number of benzene rings is 1. The Morgan fingerprint density at radius 1 is 1.07 bits per heavy atom. The van der Waals surface area contributed by atoms with E-state index in [9.17, 15) is 9.59 Å². The smallest absolute Gasteiger partial charge is 0.253 e. The Kier molecular flexibility index (Phi) is 5.60. The number of rotatable bonds is 6. The zero-order valence-electron chi connectivity index (χ0n) is 16.3. The van der Waals surface area contributed by atoms with Gasteiger partial charge < -0.3 is 15.1 Å². The molecule has 2 aliphatic heterocycles. The van der Waals surface area contributed by atoms with Crippen molar-refractivity contribution in [3.05, 3.63) is 49.7 Å². The van der Waals surface area contributed by atoms with Crippen LogP contribution in [0, 0.1) is 0 Å². The van der Waals surface area contributed by atoms with E-state index in [1.54, 1.807) is 0 Å². The molecular formula is C21H27ClN4O2. The largest absolute Gasteiger partial charge is 0.378 e. The van der Waals surface area contributed by atoms with Crippen molar-refractivity contribution in [3.8, 4) is 0 Å². The third kappa shape index (κ3) is 3.63. The van der Waals surface area contributed by atoms with E-state index in [0.717, 1.165) is 62.9 Å². The molecule has 0 spiro atoms. The SMILES string of the molecule is CCN1CCC[C@H]1CNc1c(N2CCN(c3cccc(Cl)c3)CC2)c(=O)c1=O. The van der Waals surface area contributed by atoms with E-state index >= 15 is 0 Å². The molecule has 150 valence electrons. The van der Waals surface area contributed by atoms with Crippen LogP contribution in [0.25, 0.3) is 0 Å². The van der Waals surface area contributed by atoms with Crippen molar-refractivity contribution in [2.45, 2.75) is 25.8 Å². The molecule has 1 atom stereocenters. The lowest BCUT2D eigenvalue weighted by atomic mass is 10.1. The number of nitrogens with one attached hydrogen (secondary N) is 1. The van der Waals surface area contributed by atoms with E-state index in [1.165, 1.54) is 6.42 Å². The Morgan fingerprint density at radius 3 is 2.54 bits per heavy atom. The molecule has 6 nitrogen and oxygen atoms in total. The third-order valence-electron chi connectivity index (χ3n) is 6.07. The fraction of sp³-hybridized carbons (Fsp3) is 0.524. The number of piperazine rings is 1. The molecule has 0 radical (unpaired) electrons. The number of nitrogens with zero attached hydrogens (tertiary/aromatic N) is 3. The van der Waals surface area contributed by atoms with Crippen LogP contribution < -0.4 is 26.0 Å². The molecule has 7 heteroatoms. The van der Waals surface area contributed by atoms with Gasteiger partial charge in [0.05, 0.1) is 0 Å². The molecule has 2 aliphatic rings. The first-order valence-electron chi connectivity index (χ1n) is 10.1. The highest BCUT2D eigenvalue weighted by Crippen LogP contribution is 2.26. The van der Waals surface area contributed by atoms with E-state index in [4.69, 9.17) is 11.6 Å². The van der Waals surface area contributed by atoms with Gasteiger partial charge in [0.1, 0.15) is 11.4 Å². The Hall–Kier alpha value is -2.05. The van der Waals surface area contributed by atoms with E-state index in [0.29, 0.717) is 17.4 Å². The summed E-state index contributed by atoms with van der Waals surface area (Å²) in [6.45, 7) is 8.07. The van der Waals surface area contributed by atoms with Gasteiger partial charge in [-0.15, -0.1) is 0 Å². The molecule has 2 saturated heterocycles. The molecule has 2 fully saturated rings. The fourth-order valence-electron chi connectivity index (χ4n) is 4.47. The second-order valence-corrected chi connectivity index (χ2v) is 8.08. The fourth-order valence-corrected chi connectivity index (χ4v) is 4.65. The quantitative estimate of drug-likeness (QED) is 0.747. The highest BCUT2D eigenvalue weighted by Gasteiger charge is 2.30. The molecule has 2 aromatic rings. The van der Waals surface area contributed by atoms with Crippen LogP contribution in [0.3, 0.4) is 0 Å². The zero-order chi connectivity index (χ0) is 19.7. The molecule has 2 aromatic carbocycles. The average Bonchev–Trinajstić information content (AvgIpc) is 3.18. The molecule has 0 aromatic heterocycles. The summed E-state index contributed by atoms with van der Waals surface area (Å²) >= 11 is 6.10. The van der Waals surface area contributed by atoms with Crippen molar-refractivity contribution >= 4 is 28.7 Å². The molecule has 0 aliphatic carbocycles. The molecule has 0 amide bonds. The third-order valence-corrected chi connectivity index (χ3v) is 6.31. The van der Waals surface area contributed by atoms with Gasteiger partial charge in [-0.1, -0.05) is 24.6 Å². The lowest BCUT2D eigenvalue weighted by molar-refractivity contribution is 0.277. The molecule has 1 N–H and O–H groups in total. The van der Waals surface area contributed by atoms with Gasteiger partial charge in [0.25, 0.3) is 10.9 Å². The number of halogens is 1. The predicted octanol–water partition coefficient (Wildman–Crippen LogP) is 2.16. The van der Waals surface area contributed by atoms with Gasteiger partial charge in [0.2, 0.25) is 0 Å². The van der Waals surface area contributed by atoms with E-state index in [1.807, 2.05) is 24.3 Å². The minimum atomic E-state index is -0.367. The monoisotopic (exact) mass is 402 g/mol. The topological polar surface area (TPSA) is 55.9 Å². The number of anilines is 3. The van der Waals surface area contributed by atoms with Crippen LogP contribution in [0.1, 0.15) is 19.8 Å². The predicted molar refractivity (Wildman–Crippen MR) is 116 cm³/mol. The minimum absolute atomic E-state index is 0.350. The summed E-state index contributed by atoms with van der Waals surface area (Å²) in [4.78, 5) is 31.2. The van der Waals surface area contributed by atoms with Gasteiger partial charge in [-0.05, 0) is 44.1 Å². The molecule has 0 saturated carbocycles. The summed E-state index contributed by atoms with van der Waals surface area (Å²) in [5.74, 6) is 0. The standard InChI is InChI=1S/C21H27ClN4O2/c1-2-24-8-4-7-17(24)14-23-18-19(21(28)20(18)27)26-11-9-25(10-12-26)16-6-3-5-15(22)13-16/h3,5-6,13,17,23H,2,4,7-12,14H2,1H3/t17-/m0/s1. The Labute approximate surface area is 170 Å². The van der Waals surface area contributed by atoms with Crippen LogP contribution >= 0.6 is 11.6 Å². The average molecular weight is 403 g/mol. The van der Waals surface area contributed by atoms with Gasteiger partial charge in [-0.25, -0.2) is 0 Å². The molecule has 28 heavy (non-hydrogen) atoms. The van der Waals surface area contributed by atoms with Crippen molar-refractivity contribution in [3.63, 3.8) is 0 Å². The van der Waals surface area contributed by atoms with E-state index in [-0.39, 0.29) is 10.9 Å². The summed E-state index contributed by atoms with van der Waals surface area (Å²) in [5, 5.41) is 4.02. The van der Waals surface area contributed by atoms with Crippen LogP contribution in [0.15, 0.2) is 33.9 Å². The maximum atomic E-state index is 12.3. The van der Waals surface area contributed by atoms with Gasteiger partial charge in [-0.3, -0.25) is 14.5 Å². The number of hydrogen-bond acceptors (Lipinski definition) is 6. The van der Waals surface area contributed by atoms with Gasteiger partial charge in [-0.2, -0.15) is 0 Å². The minimum Gasteiger partial charge on any atom is -0.378 e. The molecule has 0 unspecified atom stereocenters. The summed E-state index contributed by atoms with van der Waals surface area (Å²) < 4.78 is 0. The van der Waals surface area contributed by atoms with Gasteiger partial charge in [0, 0.05) is 49.5 Å². The van der Waals surface area contributed by atoms with Crippen molar-refractivity contribution in [1.82, 2.24) is 4.90 Å². The van der Waals surface area contributed by atoms with Crippen molar-refractivity contribution in [1.29, 1.82) is 0 Å². The summed E-state index contributed by atoms with van der Waals surface area (Å²) in [7, 11) is 0. The summed E-state index contributed by atoms with van der Waals surface area (Å²) in [5.41, 5.74) is 1.48. The molecular weight excluding hydrogens is 376 g/mol. The van der Waals surface area contributed by atoms with Gasteiger partial charge in [0.15, 0.2) is 0 Å². The van der Waals surface area contributed by atoms with Crippen molar-refractivity contribution in [2.75, 3.05) is 60.9 Å². The number of likely N-dealkylation sites (N-methyl/N-ethyl adjacent to an activating group) is 1. The first-order chi connectivity index (χ1) is 13.6. The maximum Gasteiger partial charge on any atom is 0.253 e. The normalized spacial score (nSPS) is 20.9. The highest BCUT2D eigenvalue weighted by atomic mass is 35.5. The summed E-state index contributed by atoms with van der Waals surface area (Å²) in [6.07, 6.45) is 2.34. The second kappa shape index (κ2) is 8.13. The Morgan fingerprint density at radius 2 is 1.82 bits per heavy atom. The van der Waals surface area contributed by atoms with Crippen LogP contribution in [0.2, 0.25) is 5.02 Å². The zero-order valence-corrected chi connectivity index (χ0v) is 17.0. The van der Waals surface area contributed by atoms with Crippen LogP contribution in [-0.2, 0) is 0 Å². The van der Waals surface area contributed by atoms with Crippen molar-refractivity contribution in [2.24, 2.45) is 0 Å². The first kappa shape index (κ1) is 19.3. The maximum absolute atomic E-state index is 12.3. The van der Waals surface area contributed by atoms with E-state index in [2.05, 4.69) is 26.9 Å². The molecule has 0 bridgehead atoms. The second-order valence-electron chi connectivity index (χ2n) is 7.64. The van der Waals surface area contributed by atoms with Crippen LogP contribution in [-0.4, -0.2) is 56.8 Å². The van der Waals surface area contributed by atoms with Crippen LogP contribution in [0.4, 0.5) is 17.1 Å². The van der Waals surface area contributed by atoms with Crippen LogP contribution in [0.5, 0.6) is 0 Å². The Balaban J connectivity index is 1.40. The Bertz CT molecular complexity index is 900. The van der Waals surface area contributed by atoms with E-state index < -0.39 is 0 Å². The first-order valence-corrected chi connectivity index (χ1v) is 10.5. The number of likely N-dealkylation sites (tertiary alicyclic amines) is 1. The number of hydrogen-bond donors (Lipinski definition) is 1.